The highest BCUT2D eigenvalue weighted by Crippen LogP contribution is 2.31. The van der Waals surface area contributed by atoms with Crippen LogP contribution in [0.1, 0.15) is 66.9 Å². The predicted octanol–water partition coefficient (Wildman–Crippen LogP) is 4.27. The molecule has 1 aliphatic heterocycles. The molecule has 2 aliphatic rings. The number of ether oxygens (including phenoxy) is 1. The molecule has 1 spiro atoms. The van der Waals surface area contributed by atoms with E-state index in [-0.39, 0.29) is 43.2 Å². The number of halogens is 1. The van der Waals surface area contributed by atoms with Crippen LogP contribution in [0.25, 0.3) is 0 Å². The molecule has 270 valence electrons. The molecule has 1 heterocycles. The normalized spacial score (nSPS) is 21.7. The van der Waals surface area contributed by atoms with E-state index < -0.39 is 47.3 Å². The van der Waals surface area contributed by atoms with Crippen LogP contribution in [-0.2, 0) is 32.1 Å². The van der Waals surface area contributed by atoms with Gasteiger partial charge in [-0.05, 0) is 61.9 Å². The number of carbonyl (C=O) groups excluding carboxylic acids is 5. The highest BCUT2D eigenvalue weighted by atomic mass is 35.5. The van der Waals surface area contributed by atoms with Crippen LogP contribution in [0, 0.1) is 0 Å². The molecule has 1 fully saturated rings. The third-order valence-corrected chi connectivity index (χ3v) is 10.1. The van der Waals surface area contributed by atoms with E-state index >= 15 is 0 Å². The van der Waals surface area contributed by atoms with Gasteiger partial charge in [0, 0.05) is 32.1 Å². The van der Waals surface area contributed by atoms with Crippen molar-refractivity contribution in [3.05, 3.63) is 101 Å². The van der Waals surface area contributed by atoms with Crippen molar-refractivity contribution in [2.75, 3.05) is 20.7 Å². The van der Waals surface area contributed by atoms with Gasteiger partial charge >= 0.3 is 0 Å². The first-order valence-electron chi connectivity index (χ1n) is 17.4. The summed E-state index contributed by atoms with van der Waals surface area (Å²) >= 11 is 6.38. The van der Waals surface area contributed by atoms with E-state index in [0.29, 0.717) is 24.3 Å². The van der Waals surface area contributed by atoms with E-state index in [1.807, 2.05) is 42.5 Å². The molecule has 5 rings (SSSR count). The van der Waals surface area contributed by atoms with Gasteiger partial charge in [-0.1, -0.05) is 85.1 Å². The Morgan fingerprint density at radius 2 is 1.61 bits per heavy atom. The van der Waals surface area contributed by atoms with Crippen molar-refractivity contribution in [2.45, 2.75) is 82.1 Å². The molecular weight excluding hydrogens is 670 g/mol. The summed E-state index contributed by atoms with van der Waals surface area (Å²) in [7, 11) is 3.28. The molecule has 0 aromatic heterocycles. The summed E-state index contributed by atoms with van der Waals surface area (Å²) < 4.78 is 6.28. The highest BCUT2D eigenvalue weighted by Gasteiger charge is 2.44. The van der Waals surface area contributed by atoms with E-state index in [4.69, 9.17) is 16.3 Å². The molecule has 3 N–H and O–H groups in total. The zero-order valence-electron chi connectivity index (χ0n) is 29.3. The maximum Gasteiger partial charge on any atom is 0.255 e. The minimum atomic E-state index is -1.19. The Balaban J connectivity index is 1.47. The summed E-state index contributed by atoms with van der Waals surface area (Å²) in [5.41, 5.74) is 0.720. The van der Waals surface area contributed by atoms with Crippen LogP contribution in [-0.4, -0.2) is 83.7 Å². The van der Waals surface area contributed by atoms with Crippen LogP contribution >= 0.6 is 11.6 Å². The van der Waals surface area contributed by atoms with Crippen LogP contribution in [0.2, 0.25) is 5.02 Å². The van der Waals surface area contributed by atoms with E-state index in [2.05, 4.69) is 16.0 Å². The standard InChI is InChI=1S/C39H46ClN5O6/c1-26-36(48)45(3)29(23-27-13-5-4-6-14-27)25-51-33-18-10-8-16-30(33)35(47)42-32(37(49)44(2)24-28-15-7-9-17-31(28)40)19-20-34(46)43-39(38(50)41-26)21-11-12-22-39/h4-10,13-18,26,29,32H,11-12,19-25H2,1-3H3,(H,41,50)(H,42,47)(H,43,46)/t26-,29-,32-/m0/s1. The predicted molar refractivity (Wildman–Crippen MR) is 194 cm³/mol. The number of nitrogens with zero attached hydrogens (tertiary/aromatic N) is 2. The molecule has 5 amide bonds. The largest absolute Gasteiger partial charge is 0.491 e. The molecule has 3 aromatic rings. The van der Waals surface area contributed by atoms with Gasteiger partial charge in [0.15, 0.2) is 0 Å². The second-order valence-electron chi connectivity index (χ2n) is 13.5. The van der Waals surface area contributed by atoms with Crippen molar-refractivity contribution in [1.29, 1.82) is 0 Å². The van der Waals surface area contributed by atoms with Gasteiger partial charge < -0.3 is 30.5 Å². The Kier molecular flexibility index (Phi) is 12.4. The number of benzene rings is 3. The smallest absolute Gasteiger partial charge is 0.255 e. The van der Waals surface area contributed by atoms with Crippen molar-refractivity contribution in [2.24, 2.45) is 0 Å². The van der Waals surface area contributed by atoms with Crippen molar-refractivity contribution in [1.82, 2.24) is 25.8 Å². The van der Waals surface area contributed by atoms with Gasteiger partial charge in [0.05, 0.1) is 11.6 Å². The zero-order chi connectivity index (χ0) is 36.5. The van der Waals surface area contributed by atoms with Gasteiger partial charge in [0.2, 0.25) is 23.6 Å². The van der Waals surface area contributed by atoms with Crippen LogP contribution < -0.4 is 20.7 Å². The molecule has 1 aliphatic carbocycles. The fourth-order valence-corrected chi connectivity index (χ4v) is 6.95. The molecule has 0 bridgehead atoms. The van der Waals surface area contributed by atoms with Gasteiger partial charge in [-0.15, -0.1) is 0 Å². The molecule has 1 saturated carbocycles. The van der Waals surface area contributed by atoms with Crippen molar-refractivity contribution < 1.29 is 28.7 Å². The first kappa shape index (κ1) is 37.4. The topological polar surface area (TPSA) is 137 Å². The third-order valence-electron chi connectivity index (χ3n) is 9.77. The maximum atomic E-state index is 13.9. The number of carbonyl (C=O) groups is 5. The summed E-state index contributed by atoms with van der Waals surface area (Å²) in [6.45, 7) is 1.87. The molecule has 0 unspecified atom stereocenters. The highest BCUT2D eigenvalue weighted by molar-refractivity contribution is 6.31. The average Bonchev–Trinajstić information content (AvgIpc) is 3.61. The molecule has 0 radical (unpaired) electrons. The summed E-state index contributed by atoms with van der Waals surface area (Å²) in [4.78, 5) is 72.0. The van der Waals surface area contributed by atoms with E-state index in [9.17, 15) is 24.0 Å². The monoisotopic (exact) mass is 715 g/mol. The second-order valence-corrected chi connectivity index (χ2v) is 13.9. The quantitative estimate of drug-likeness (QED) is 0.361. The Labute approximate surface area is 304 Å². The fraction of sp³-hybridized carbons (Fsp3) is 0.410. The first-order valence-corrected chi connectivity index (χ1v) is 17.8. The van der Waals surface area contributed by atoms with E-state index in [0.717, 1.165) is 24.0 Å². The number of para-hydroxylation sites is 1. The van der Waals surface area contributed by atoms with Gasteiger partial charge in [0.1, 0.15) is 30.0 Å². The molecule has 12 heteroatoms. The van der Waals surface area contributed by atoms with E-state index in [1.165, 1.54) is 4.90 Å². The lowest BCUT2D eigenvalue weighted by molar-refractivity contribution is -0.139. The Morgan fingerprint density at radius 3 is 2.33 bits per heavy atom. The SMILES string of the molecule is C[C@@H]1NC(=O)C2(CCCC2)NC(=O)CC[C@@H](C(=O)N(C)Cc2ccccc2Cl)NC(=O)c2ccccc2OC[C@H](Cc2ccccc2)N(C)C1=O. The van der Waals surface area contributed by atoms with Gasteiger partial charge in [0.25, 0.3) is 5.91 Å². The van der Waals surface area contributed by atoms with Crippen LogP contribution in [0.15, 0.2) is 78.9 Å². The number of likely N-dealkylation sites (N-methyl/N-ethyl adjacent to an activating group) is 2. The molecular formula is C39H46ClN5O6. The lowest BCUT2D eigenvalue weighted by Gasteiger charge is -2.34. The maximum absolute atomic E-state index is 13.9. The Hall–Kier alpha value is -4.90. The Morgan fingerprint density at radius 1 is 0.941 bits per heavy atom. The summed E-state index contributed by atoms with van der Waals surface area (Å²) in [6, 6.07) is 21.1. The number of fused-ring (bicyclic) bond motifs is 1. The fourth-order valence-electron chi connectivity index (χ4n) is 6.75. The number of rotatable bonds is 5. The lowest BCUT2D eigenvalue weighted by Crippen LogP contribution is -2.61. The van der Waals surface area contributed by atoms with E-state index in [1.54, 1.807) is 62.3 Å². The van der Waals surface area contributed by atoms with Crippen LogP contribution in [0.5, 0.6) is 5.75 Å². The summed E-state index contributed by atoms with van der Waals surface area (Å²) in [5, 5.41) is 9.18. The molecule has 11 nitrogen and oxygen atoms in total. The molecule has 3 aromatic carbocycles. The molecule has 3 atom stereocenters. The van der Waals surface area contributed by atoms with Gasteiger partial charge in [-0.3, -0.25) is 24.0 Å². The number of amides is 5. The van der Waals surface area contributed by atoms with Gasteiger partial charge in [-0.2, -0.15) is 0 Å². The van der Waals surface area contributed by atoms with Gasteiger partial charge in [-0.25, -0.2) is 0 Å². The number of hydrogen-bond acceptors (Lipinski definition) is 6. The van der Waals surface area contributed by atoms with Crippen molar-refractivity contribution in [3.63, 3.8) is 0 Å². The number of hydrogen-bond donors (Lipinski definition) is 3. The summed E-state index contributed by atoms with van der Waals surface area (Å²) in [6.07, 6.45) is 2.59. The average molecular weight is 716 g/mol. The third kappa shape index (κ3) is 9.26. The minimum absolute atomic E-state index is 0.0250. The Bertz CT molecular complexity index is 1730. The summed E-state index contributed by atoms with van der Waals surface area (Å²) in [5.74, 6) is -1.87. The second kappa shape index (κ2) is 16.9. The molecule has 0 saturated heterocycles. The zero-order valence-corrected chi connectivity index (χ0v) is 30.1. The minimum Gasteiger partial charge on any atom is -0.491 e. The first-order chi connectivity index (χ1) is 24.5. The van der Waals surface area contributed by atoms with Crippen LogP contribution in [0.3, 0.4) is 0 Å². The lowest BCUT2D eigenvalue weighted by atomic mass is 9.95. The molecule has 51 heavy (non-hydrogen) atoms. The number of nitrogens with one attached hydrogen (secondary N) is 3. The van der Waals surface area contributed by atoms with Crippen molar-refractivity contribution >= 4 is 41.1 Å². The van der Waals surface area contributed by atoms with Crippen LogP contribution in [0.4, 0.5) is 0 Å². The van der Waals surface area contributed by atoms with Crippen molar-refractivity contribution in [3.8, 4) is 5.75 Å².